The van der Waals surface area contributed by atoms with Crippen LogP contribution in [0.1, 0.15) is 72.6 Å². The first kappa shape index (κ1) is 47.7. The monoisotopic (exact) mass is 904 g/mol. The number of esters is 3. The molecule has 0 aromatic heterocycles. The Morgan fingerprint density at radius 3 is 1.54 bits per heavy atom. The number of aliphatic hydroxyl groups excluding tert-OH is 1. The lowest BCUT2D eigenvalue weighted by Crippen LogP contribution is -2.56. The van der Waals surface area contributed by atoms with Gasteiger partial charge in [0, 0.05) is 0 Å². The van der Waals surface area contributed by atoms with Gasteiger partial charge in [0.2, 0.25) is 14.6 Å². The summed E-state index contributed by atoms with van der Waals surface area (Å²) in [7, 11) is -2.81. The van der Waals surface area contributed by atoms with Crippen LogP contribution in [0.15, 0.2) is 115 Å². The molecule has 0 bridgehead atoms. The van der Waals surface area contributed by atoms with Crippen LogP contribution < -0.4 is 9.47 Å². The Hall–Kier alpha value is -4.80. The van der Waals surface area contributed by atoms with Crippen molar-refractivity contribution >= 4 is 37.8 Å². The predicted octanol–water partition coefficient (Wildman–Crippen LogP) is 8.38. The van der Waals surface area contributed by atoms with Crippen LogP contribution in [0.4, 0.5) is 0 Å². The molecule has 0 saturated carbocycles. The second-order valence-corrected chi connectivity index (χ2v) is 22.1. The lowest BCUT2D eigenvalue weighted by molar-refractivity contribution is -0.229. The van der Waals surface area contributed by atoms with E-state index in [9.17, 15) is 19.5 Å². The van der Waals surface area contributed by atoms with Crippen LogP contribution in [0.5, 0.6) is 11.5 Å². The normalized spacial score (nSPS) is 23.5. The highest BCUT2D eigenvalue weighted by Crippen LogP contribution is 2.46. The molecular formula is C48H57ClO13Si. The van der Waals surface area contributed by atoms with E-state index in [4.69, 9.17) is 53.9 Å². The Bertz CT molecular complexity index is 2030. The highest BCUT2D eigenvalue weighted by molar-refractivity contribution is 6.77. The van der Waals surface area contributed by atoms with Crippen LogP contribution in [0.3, 0.4) is 0 Å². The first-order valence-electron chi connectivity index (χ1n) is 21.3. The maximum absolute atomic E-state index is 13.9. The second-order valence-electron chi connectivity index (χ2n) is 16.3. The van der Waals surface area contributed by atoms with E-state index in [1.807, 2.05) is 0 Å². The smallest absolute Gasteiger partial charge is 0.338 e. The van der Waals surface area contributed by atoms with Gasteiger partial charge in [-0.3, -0.25) is 0 Å². The molecule has 4 aromatic rings. The van der Waals surface area contributed by atoms with E-state index in [1.54, 1.807) is 115 Å². The van der Waals surface area contributed by atoms with Crippen LogP contribution in [0.2, 0.25) is 16.6 Å². The van der Waals surface area contributed by atoms with Crippen molar-refractivity contribution in [3.05, 3.63) is 132 Å². The number of carbonyl (C=O) groups excluding carboxylic acids is 3. The van der Waals surface area contributed by atoms with Gasteiger partial charge in [0.1, 0.15) is 43.0 Å². The lowest BCUT2D eigenvalue weighted by Gasteiger charge is -2.45. The summed E-state index contributed by atoms with van der Waals surface area (Å²) >= 11 is 5.83. The fourth-order valence-electron chi connectivity index (χ4n) is 8.47. The van der Waals surface area contributed by atoms with E-state index in [1.165, 1.54) is 0 Å². The lowest BCUT2D eigenvalue weighted by atomic mass is 10.1. The van der Waals surface area contributed by atoms with Crippen molar-refractivity contribution in [1.82, 2.24) is 0 Å². The molecule has 13 nitrogen and oxygen atoms in total. The van der Waals surface area contributed by atoms with E-state index in [0.29, 0.717) is 35.1 Å². The number of benzene rings is 4. The van der Waals surface area contributed by atoms with Crippen LogP contribution in [-0.4, -0.2) is 106 Å². The molecule has 2 heterocycles. The predicted molar refractivity (Wildman–Crippen MR) is 237 cm³/mol. The van der Waals surface area contributed by atoms with E-state index < -0.39 is 82.0 Å². The van der Waals surface area contributed by atoms with Crippen molar-refractivity contribution in [3.63, 3.8) is 0 Å². The molecule has 2 aliphatic rings. The van der Waals surface area contributed by atoms with Gasteiger partial charge in [-0.15, -0.1) is 11.6 Å². The van der Waals surface area contributed by atoms with E-state index in [2.05, 4.69) is 41.5 Å². The van der Waals surface area contributed by atoms with Crippen molar-refractivity contribution in [2.75, 3.05) is 25.7 Å². The average molecular weight is 906 g/mol. The summed E-state index contributed by atoms with van der Waals surface area (Å²) in [6.45, 7) is 12.1. The number of rotatable bonds is 20. The molecule has 0 amide bonds. The maximum atomic E-state index is 13.9. The Morgan fingerprint density at radius 2 is 1.06 bits per heavy atom. The van der Waals surface area contributed by atoms with Crippen molar-refractivity contribution in [1.29, 1.82) is 0 Å². The third kappa shape index (κ3) is 11.5. The Balaban J connectivity index is 1.41. The standard InChI is InChI=1S/C48H57ClO13Si/c1-30(2)63(31(3)4,32(5)6)62-43-40(59-45(52)34-18-12-8-13-19-34)38(28-50)57-48(43)61-42-41(60-46(53)35-20-14-9-15-21-35)39(29-55-44(51)33-16-10-7-11-17-33)58-47(42)56-37-24-22-36(23-25-37)54-27-26-49/h7-25,30-32,38-43,47-48,50H,26-29H2,1-6H3/t38-,39-,40-,41-,42+,43+,47+,48?/m1/s1. The Kier molecular flexibility index (Phi) is 16.8. The van der Waals surface area contributed by atoms with Gasteiger partial charge < -0.3 is 47.4 Å². The molecule has 8 atom stereocenters. The number of aliphatic hydroxyl groups is 1. The van der Waals surface area contributed by atoms with E-state index in [0.717, 1.165) is 0 Å². The number of hydrogen-bond acceptors (Lipinski definition) is 13. The van der Waals surface area contributed by atoms with Gasteiger partial charge in [0.25, 0.3) is 0 Å². The summed E-state index contributed by atoms with van der Waals surface area (Å²) in [6.07, 6.45) is -9.60. The summed E-state index contributed by atoms with van der Waals surface area (Å²) in [5.74, 6) is -0.758. The fraction of sp³-hybridized carbons (Fsp3) is 0.438. The number of halogens is 1. The van der Waals surface area contributed by atoms with Crippen LogP contribution >= 0.6 is 11.6 Å². The van der Waals surface area contributed by atoms with Gasteiger partial charge in [-0.05, 0) is 77.3 Å². The largest absolute Gasteiger partial charge is 0.492 e. The Labute approximate surface area is 374 Å². The minimum Gasteiger partial charge on any atom is -0.492 e. The molecular weight excluding hydrogens is 848 g/mol. The maximum Gasteiger partial charge on any atom is 0.338 e. The molecule has 63 heavy (non-hydrogen) atoms. The zero-order chi connectivity index (χ0) is 45.1. The molecule has 0 aliphatic carbocycles. The minimum atomic E-state index is -2.81. The molecule has 2 saturated heterocycles. The Morgan fingerprint density at radius 1 is 0.603 bits per heavy atom. The van der Waals surface area contributed by atoms with Gasteiger partial charge in [-0.25, -0.2) is 14.4 Å². The molecule has 4 aromatic carbocycles. The number of carbonyl (C=O) groups is 3. The molecule has 6 rings (SSSR count). The van der Waals surface area contributed by atoms with Gasteiger partial charge >= 0.3 is 17.9 Å². The van der Waals surface area contributed by atoms with Crippen molar-refractivity contribution < 1.29 is 61.8 Å². The van der Waals surface area contributed by atoms with Crippen LogP contribution in [0.25, 0.3) is 0 Å². The fourth-order valence-corrected chi connectivity index (χ4v) is 14.1. The minimum absolute atomic E-state index is 0.0855. The summed E-state index contributed by atoms with van der Waals surface area (Å²) in [5.41, 5.74) is 1.12. The highest BCUT2D eigenvalue weighted by atomic mass is 35.5. The first-order valence-corrected chi connectivity index (χ1v) is 24.0. The van der Waals surface area contributed by atoms with Crippen molar-refractivity contribution in [2.24, 2.45) is 0 Å². The number of alkyl halides is 1. The zero-order valence-corrected chi connectivity index (χ0v) is 38.1. The first-order chi connectivity index (χ1) is 30.4. The summed E-state index contributed by atoms with van der Waals surface area (Å²) in [5, 5.41) is 10.8. The summed E-state index contributed by atoms with van der Waals surface area (Å²) < 4.78 is 57.6. The van der Waals surface area contributed by atoms with Crippen LogP contribution in [0, 0.1) is 0 Å². The highest BCUT2D eigenvalue weighted by Gasteiger charge is 2.59. The van der Waals surface area contributed by atoms with Gasteiger partial charge in [0.05, 0.1) is 29.2 Å². The third-order valence-electron chi connectivity index (χ3n) is 11.4. The van der Waals surface area contributed by atoms with Gasteiger partial charge in [-0.2, -0.15) is 0 Å². The SMILES string of the molecule is CC(C)[Si](O[C@@H]1C(O[C@@H]2[C@@H](Oc3ccc(OCCCl)cc3)O[C@H](COC(=O)c3ccccc3)[C@H]2OC(=O)c2ccccc2)O[C@H](CO)[C@H]1OC(=O)c1ccccc1)(C(C)C)C(C)C. The molecule has 338 valence electrons. The summed E-state index contributed by atoms with van der Waals surface area (Å²) in [4.78, 5) is 40.9. The molecule has 1 N–H and O–H groups in total. The summed E-state index contributed by atoms with van der Waals surface area (Å²) in [6, 6.07) is 32.1. The van der Waals surface area contributed by atoms with E-state index in [-0.39, 0.29) is 28.8 Å². The molecule has 2 fully saturated rings. The topological polar surface area (TPSA) is 155 Å². The molecule has 1 unspecified atom stereocenters. The van der Waals surface area contributed by atoms with Crippen molar-refractivity contribution in [2.45, 2.75) is 107 Å². The van der Waals surface area contributed by atoms with Crippen molar-refractivity contribution in [3.8, 4) is 11.5 Å². The molecule has 0 spiro atoms. The zero-order valence-electron chi connectivity index (χ0n) is 36.4. The molecule has 0 radical (unpaired) electrons. The third-order valence-corrected chi connectivity index (χ3v) is 17.6. The quantitative estimate of drug-likeness (QED) is 0.0391. The molecule has 15 heteroatoms. The second kappa shape index (κ2) is 22.2. The van der Waals surface area contributed by atoms with E-state index >= 15 is 0 Å². The van der Waals surface area contributed by atoms with Gasteiger partial charge in [0.15, 0.2) is 24.6 Å². The number of hydrogen-bond donors (Lipinski definition) is 1. The average Bonchev–Trinajstić information content (AvgIpc) is 3.78. The molecule has 2 aliphatic heterocycles. The number of ether oxygens (including phenoxy) is 8. The van der Waals surface area contributed by atoms with Crippen LogP contribution in [-0.2, 0) is 32.8 Å². The van der Waals surface area contributed by atoms with Gasteiger partial charge in [-0.1, -0.05) is 96.1 Å².